The van der Waals surface area contributed by atoms with Crippen molar-refractivity contribution >= 4 is 6.09 Å². The SMILES string of the molecule is COc1ccc(CN2C(=O)OC[C@H]2CO)cc1. The van der Waals surface area contributed by atoms with Crippen LogP contribution in [0.5, 0.6) is 5.75 Å². The number of methoxy groups -OCH3 is 1. The lowest BCUT2D eigenvalue weighted by Crippen LogP contribution is -2.35. The van der Waals surface area contributed by atoms with Crippen LogP contribution in [0.1, 0.15) is 5.56 Å². The van der Waals surface area contributed by atoms with Gasteiger partial charge in [-0.2, -0.15) is 0 Å². The number of aliphatic hydroxyl groups excluding tert-OH is 1. The zero-order valence-electron chi connectivity index (χ0n) is 9.63. The molecule has 17 heavy (non-hydrogen) atoms. The summed E-state index contributed by atoms with van der Waals surface area (Å²) in [6.07, 6.45) is -0.375. The smallest absolute Gasteiger partial charge is 0.410 e. The lowest BCUT2D eigenvalue weighted by atomic mass is 10.2. The van der Waals surface area contributed by atoms with E-state index >= 15 is 0 Å². The van der Waals surface area contributed by atoms with E-state index in [0.29, 0.717) is 6.54 Å². The fourth-order valence-corrected chi connectivity index (χ4v) is 1.76. The minimum atomic E-state index is -0.375. The average Bonchev–Trinajstić information content (AvgIpc) is 2.71. The Morgan fingerprint density at radius 3 is 2.76 bits per heavy atom. The largest absolute Gasteiger partial charge is 0.497 e. The van der Waals surface area contributed by atoms with Crippen molar-refractivity contribution in [2.24, 2.45) is 0 Å². The maximum absolute atomic E-state index is 11.4. The maximum atomic E-state index is 11.4. The Morgan fingerprint density at radius 1 is 1.47 bits per heavy atom. The van der Waals surface area contributed by atoms with Crippen molar-refractivity contribution in [1.29, 1.82) is 0 Å². The van der Waals surface area contributed by atoms with Gasteiger partial charge in [-0.25, -0.2) is 4.79 Å². The highest BCUT2D eigenvalue weighted by Gasteiger charge is 2.32. The summed E-state index contributed by atoms with van der Waals surface area (Å²) < 4.78 is 9.95. The van der Waals surface area contributed by atoms with Gasteiger partial charge in [-0.3, -0.25) is 4.90 Å². The standard InChI is InChI=1S/C12H15NO4/c1-16-11-4-2-9(3-5-11)6-13-10(7-14)8-17-12(13)15/h2-5,10,14H,6-8H2,1H3/t10-/m1/s1. The first kappa shape index (κ1) is 11.7. The molecule has 1 N–H and O–H groups in total. The third-order valence-electron chi connectivity index (χ3n) is 2.80. The van der Waals surface area contributed by atoms with E-state index in [1.54, 1.807) is 7.11 Å². The van der Waals surface area contributed by atoms with E-state index in [2.05, 4.69) is 0 Å². The molecule has 0 spiro atoms. The molecule has 0 radical (unpaired) electrons. The van der Waals surface area contributed by atoms with Gasteiger partial charge in [-0.1, -0.05) is 12.1 Å². The summed E-state index contributed by atoms with van der Waals surface area (Å²) in [6.45, 7) is 0.613. The first-order chi connectivity index (χ1) is 8.24. The minimum absolute atomic E-state index is 0.0815. The first-order valence-corrected chi connectivity index (χ1v) is 5.41. The molecule has 0 aromatic heterocycles. The topological polar surface area (TPSA) is 59.0 Å². The highest BCUT2D eigenvalue weighted by molar-refractivity contribution is 5.70. The quantitative estimate of drug-likeness (QED) is 0.849. The number of carbonyl (C=O) groups excluding carboxylic acids is 1. The average molecular weight is 237 g/mol. The summed E-state index contributed by atoms with van der Waals surface area (Å²) in [5.41, 5.74) is 0.975. The summed E-state index contributed by atoms with van der Waals surface area (Å²) in [4.78, 5) is 13.0. The Hall–Kier alpha value is -1.75. The van der Waals surface area contributed by atoms with Gasteiger partial charge in [0.1, 0.15) is 12.4 Å². The summed E-state index contributed by atoms with van der Waals surface area (Å²) >= 11 is 0. The number of hydrogen-bond acceptors (Lipinski definition) is 4. The summed E-state index contributed by atoms with van der Waals surface area (Å²) in [5, 5.41) is 9.12. The molecule has 92 valence electrons. The Bertz CT molecular complexity index is 390. The van der Waals surface area contributed by atoms with E-state index in [1.165, 1.54) is 4.90 Å². The molecule has 5 heteroatoms. The molecule has 1 heterocycles. The van der Waals surface area contributed by atoms with Crippen LogP contribution >= 0.6 is 0 Å². The van der Waals surface area contributed by atoms with Gasteiger partial charge >= 0.3 is 6.09 Å². The van der Waals surface area contributed by atoms with E-state index in [0.717, 1.165) is 11.3 Å². The number of amides is 1. The van der Waals surface area contributed by atoms with Crippen LogP contribution in [0.4, 0.5) is 4.79 Å². The number of hydrogen-bond donors (Lipinski definition) is 1. The third-order valence-corrected chi connectivity index (χ3v) is 2.80. The van der Waals surface area contributed by atoms with Crippen molar-refractivity contribution in [3.63, 3.8) is 0 Å². The molecule has 1 aromatic rings. The van der Waals surface area contributed by atoms with Gasteiger partial charge in [0.15, 0.2) is 0 Å². The Labute approximate surface area is 99.6 Å². The Kier molecular flexibility index (Phi) is 3.49. The van der Waals surface area contributed by atoms with Gasteiger partial charge in [-0.15, -0.1) is 0 Å². The lowest BCUT2D eigenvalue weighted by Gasteiger charge is -2.19. The fraction of sp³-hybridized carbons (Fsp3) is 0.417. The summed E-state index contributed by atoms with van der Waals surface area (Å²) in [5.74, 6) is 0.774. The normalized spacial score (nSPS) is 19.3. The second kappa shape index (κ2) is 5.05. The Morgan fingerprint density at radius 2 is 2.18 bits per heavy atom. The second-order valence-electron chi connectivity index (χ2n) is 3.89. The van der Waals surface area contributed by atoms with E-state index < -0.39 is 0 Å². The zero-order valence-corrected chi connectivity index (χ0v) is 9.63. The van der Waals surface area contributed by atoms with Crippen LogP contribution in [-0.2, 0) is 11.3 Å². The number of aliphatic hydroxyl groups is 1. The molecule has 0 bridgehead atoms. The van der Waals surface area contributed by atoms with E-state index in [-0.39, 0.29) is 25.3 Å². The van der Waals surface area contributed by atoms with Crippen LogP contribution in [-0.4, -0.2) is 42.5 Å². The lowest BCUT2D eigenvalue weighted by molar-refractivity contribution is 0.151. The molecule has 1 amide bonds. The van der Waals surface area contributed by atoms with Gasteiger partial charge in [0, 0.05) is 6.54 Å². The molecular weight excluding hydrogens is 222 g/mol. The van der Waals surface area contributed by atoms with Crippen LogP contribution in [0.15, 0.2) is 24.3 Å². The molecule has 1 saturated heterocycles. The third kappa shape index (κ3) is 2.50. The second-order valence-corrected chi connectivity index (χ2v) is 3.89. The molecule has 1 atom stereocenters. The van der Waals surface area contributed by atoms with Crippen LogP contribution < -0.4 is 4.74 Å². The molecule has 1 fully saturated rings. The van der Waals surface area contributed by atoms with Crippen molar-refractivity contribution < 1.29 is 19.4 Å². The van der Waals surface area contributed by atoms with Crippen LogP contribution in [0.25, 0.3) is 0 Å². The molecule has 5 nitrogen and oxygen atoms in total. The van der Waals surface area contributed by atoms with Crippen LogP contribution in [0.3, 0.4) is 0 Å². The van der Waals surface area contributed by atoms with Crippen LogP contribution in [0, 0.1) is 0 Å². The molecule has 2 rings (SSSR count). The van der Waals surface area contributed by atoms with Gasteiger partial charge in [0.25, 0.3) is 0 Å². The van der Waals surface area contributed by atoms with Gasteiger partial charge in [-0.05, 0) is 17.7 Å². The van der Waals surface area contributed by atoms with Crippen molar-refractivity contribution in [1.82, 2.24) is 4.90 Å². The number of benzene rings is 1. The molecule has 1 aliphatic heterocycles. The predicted molar refractivity (Wildman–Crippen MR) is 60.8 cm³/mol. The van der Waals surface area contributed by atoms with Crippen molar-refractivity contribution in [2.75, 3.05) is 20.3 Å². The number of nitrogens with zero attached hydrogens (tertiary/aromatic N) is 1. The molecular formula is C12H15NO4. The van der Waals surface area contributed by atoms with Crippen molar-refractivity contribution in [3.05, 3.63) is 29.8 Å². The number of rotatable bonds is 4. The van der Waals surface area contributed by atoms with Crippen molar-refractivity contribution in [2.45, 2.75) is 12.6 Å². The molecule has 1 aliphatic rings. The van der Waals surface area contributed by atoms with Gasteiger partial charge in [0.05, 0.1) is 19.8 Å². The number of cyclic esters (lactones) is 1. The van der Waals surface area contributed by atoms with Gasteiger partial charge < -0.3 is 14.6 Å². The summed E-state index contributed by atoms with van der Waals surface area (Å²) in [7, 11) is 1.61. The summed E-state index contributed by atoms with van der Waals surface area (Å²) in [6, 6.07) is 7.21. The van der Waals surface area contributed by atoms with Crippen molar-refractivity contribution in [3.8, 4) is 5.75 Å². The van der Waals surface area contributed by atoms with Crippen LogP contribution in [0.2, 0.25) is 0 Å². The monoisotopic (exact) mass is 237 g/mol. The van der Waals surface area contributed by atoms with Gasteiger partial charge in [0.2, 0.25) is 0 Å². The highest BCUT2D eigenvalue weighted by Crippen LogP contribution is 2.18. The molecule has 0 unspecified atom stereocenters. The highest BCUT2D eigenvalue weighted by atomic mass is 16.6. The first-order valence-electron chi connectivity index (χ1n) is 5.41. The van der Waals surface area contributed by atoms with E-state index in [1.807, 2.05) is 24.3 Å². The zero-order chi connectivity index (χ0) is 12.3. The molecule has 0 aliphatic carbocycles. The maximum Gasteiger partial charge on any atom is 0.410 e. The number of ether oxygens (including phenoxy) is 2. The van der Waals surface area contributed by atoms with E-state index in [9.17, 15) is 4.79 Å². The molecule has 1 aromatic carbocycles. The number of carbonyl (C=O) groups is 1. The predicted octanol–water partition coefficient (Wildman–Crippen LogP) is 1.01. The van der Waals surface area contributed by atoms with E-state index in [4.69, 9.17) is 14.6 Å². The fourth-order valence-electron chi connectivity index (χ4n) is 1.76. The molecule has 0 saturated carbocycles. The Balaban J connectivity index is 2.06. The minimum Gasteiger partial charge on any atom is -0.497 e.